The largest absolute Gasteiger partial charge is 0.480 e. The van der Waals surface area contributed by atoms with E-state index in [1.165, 1.54) is 11.3 Å². The van der Waals surface area contributed by atoms with Gasteiger partial charge in [-0.1, -0.05) is 0 Å². The van der Waals surface area contributed by atoms with Crippen LogP contribution in [0.1, 0.15) is 18.2 Å². The van der Waals surface area contributed by atoms with Gasteiger partial charge in [0.15, 0.2) is 5.13 Å². The Morgan fingerprint density at radius 2 is 2.44 bits per heavy atom. The Morgan fingerprint density at radius 1 is 1.72 bits per heavy atom. The maximum Gasteiger partial charge on any atom is 0.326 e. The second-order valence-corrected chi connectivity index (χ2v) is 5.56. The molecule has 1 aliphatic rings. The lowest BCUT2D eigenvalue weighted by Gasteiger charge is -2.19. The number of hydrogen-bond acceptors (Lipinski definition) is 6. The van der Waals surface area contributed by atoms with Gasteiger partial charge in [0.05, 0.1) is 5.69 Å². The maximum absolute atomic E-state index is 10.8. The van der Waals surface area contributed by atoms with E-state index in [1.54, 1.807) is 5.38 Å². The van der Waals surface area contributed by atoms with Crippen LogP contribution >= 0.6 is 11.3 Å². The maximum atomic E-state index is 10.8. The average molecular weight is 270 g/mol. The Labute approximate surface area is 110 Å². The highest BCUT2D eigenvalue weighted by atomic mass is 32.1. The van der Waals surface area contributed by atoms with Gasteiger partial charge in [-0.25, -0.2) is 4.98 Å². The van der Waals surface area contributed by atoms with E-state index in [0.29, 0.717) is 11.7 Å². The second-order valence-electron chi connectivity index (χ2n) is 4.72. The molecule has 6 nitrogen and oxygen atoms in total. The first-order chi connectivity index (χ1) is 8.49. The number of anilines is 1. The van der Waals surface area contributed by atoms with Gasteiger partial charge in [-0.05, 0) is 20.5 Å². The Morgan fingerprint density at radius 3 is 3.00 bits per heavy atom. The molecular formula is C11H18N4O2S. The summed E-state index contributed by atoms with van der Waals surface area (Å²) in [6, 6.07) is -0.493. The summed E-state index contributed by atoms with van der Waals surface area (Å²) >= 11 is 1.46. The van der Waals surface area contributed by atoms with E-state index in [9.17, 15) is 4.79 Å². The Hall–Kier alpha value is -1.18. The van der Waals surface area contributed by atoms with E-state index in [0.717, 1.165) is 24.6 Å². The van der Waals surface area contributed by atoms with Crippen LogP contribution in [0.2, 0.25) is 0 Å². The van der Waals surface area contributed by atoms with E-state index < -0.39 is 12.0 Å². The van der Waals surface area contributed by atoms with Crippen LogP contribution in [0.15, 0.2) is 5.38 Å². The van der Waals surface area contributed by atoms with Crippen LogP contribution < -0.4 is 10.6 Å². The summed E-state index contributed by atoms with van der Waals surface area (Å²) in [5, 5.41) is 11.4. The van der Waals surface area contributed by atoms with E-state index in [4.69, 9.17) is 10.8 Å². The fourth-order valence-electron chi connectivity index (χ4n) is 2.03. The number of aromatic nitrogens is 1. The molecule has 0 radical (unpaired) electrons. The van der Waals surface area contributed by atoms with Crippen LogP contribution in [0, 0.1) is 0 Å². The molecule has 0 amide bonds. The Balaban J connectivity index is 2.05. The van der Waals surface area contributed by atoms with Crippen molar-refractivity contribution in [2.24, 2.45) is 5.73 Å². The van der Waals surface area contributed by atoms with E-state index in [-0.39, 0.29) is 0 Å². The van der Waals surface area contributed by atoms with E-state index >= 15 is 0 Å². The zero-order valence-electron chi connectivity index (χ0n) is 10.5. The smallest absolute Gasteiger partial charge is 0.326 e. The van der Waals surface area contributed by atoms with Crippen LogP contribution in [0.25, 0.3) is 0 Å². The van der Waals surface area contributed by atoms with Gasteiger partial charge in [-0.3, -0.25) is 4.79 Å². The number of hydrogen-bond donors (Lipinski definition) is 2. The first-order valence-corrected chi connectivity index (χ1v) is 6.72. The van der Waals surface area contributed by atoms with Crippen molar-refractivity contribution in [2.75, 3.05) is 32.1 Å². The summed E-state index contributed by atoms with van der Waals surface area (Å²) in [6.45, 7) is 1.89. The number of carbonyl (C=O) groups is 1. The third kappa shape index (κ3) is 2.63. The van der Waals surface area contributed by atoms with E-state index in [1.807, 2.05) is 0 Å². The highest BCUT2D eigenvalue weighted by molar-refractivity contribution is 7.13. The zero-order chi connectivity index (χ0) is 13.3. The standard InChI is InChI=1S/C11H18N4O2S/c1-14(2)7-3-4-15(5-7)11-13-8(6-18-11)9(12)10(16)17/h6-7,9H,3-5,12H2,1-2H3,(H,16,17). The summed E-state index contributed by atoms with van der Waals surface area (Å²) in [5.41, 5.74) is 5.98. The van der Waals surface area contributed by atoms with Gasteiger partial charge in [-0.2, -0.15) is 0 Å². The third-order valence-electron chi connectivity index (χ3n) is 3.26. The summed E-state index contributed by atoms with van der Waals surface area (Å²) in [4.78, 5) is 19.5. The molecule has 1 fully saturated rings. The van der Waals surface area contributed by atoms with Crippen LogP contribution in [-0.2, 0) is 4.79 Å². The van der Waals surface area contributed by atoms with Gasteiger partial charge in [0, 0.05) is 24.5 Å². The zero-order valence-corrected chi connectivity index (χ0v) is 11.4. The molecule has 18 heavy (non-hydrogen) atoms. The molecule has 1 aromatic heterocycles. The summed E-state index contributed by atoms with van der Waals surface area (Å²) < 4.78 is 0. The van der Waals surface area contributed by atoms with Gasteiger partial charge in [-0.15, -0.1) is 11.3 Å². The normalized spacial score (nSPS) is 21.6. The topological polar surface area (TPSA) is 82.7 Å². The molecule has 2 rings (SSSR count). The summed E-state index contributed by atoms with van der Waals surface area (Å²) in [5.74, 6) is -1.04. The minimum atomic E-state index is -1.04. The highest BCUT2D eigenvalue weighted by Crippen LogP contribution is 2.27. The molecule has 2 heterocycles. The van der Waals surface area contributed by atoms with Gasteiger partial charge in [0.25, 0.3) is 0 Å². The van der Waals surface area contributed by atoms with Crippen LogP contribution in [0.4, 0.5) is 5.13 Å². The number of carboxylic acid groups (broad SMARTS) is 1. The number of thiazole rings is 1. The summed E-state index contributed by atoms with van der Waals surface area (Å²) in [7, 11) is 4.14. The van der Waals surface area contributed by atoms with Gasteiger partial charge in [0.2, 0.25) is 0 Å². The van der Waals surface area contributed by atoms with Crippen molar-refractivity contribution in [3.8, 4) is 0 Å². The number of carboxylic acids is 1. The average Bonchev–Trinajstić information content (AvgIpc) is 2.96. The predicted octanol–water partition coefficient (Wildman–Crippen LogP) is 0.368. The minimum absolute atomic E-state index is 0.441. The molecule has 100 valence electrons. The monoisotopic (exact) mass is 270 g/mol. The number of nitrogens with two attached hydrogens (primary N) is 1. The highest BCUT2D eigenvalue weighted by Gasteiger charge is 2.27. The fraction of sp³-hybridized carbons (Fsp3) is 0.636. The molecule has 1 aromatic rings. The number of rotatable bonds is 4. The molecule has 3 N–H and O–H groups in total. The molecule has 0 bridgehead atoms. The van der Waals surface area contributed by atoms with Crippen LogP contribution in [-0.4, -0.2) is 54.2 Å². The molecule has 2 unspecified atom stereocenters. The molecule has 1 aliphatic heterocycles. The molecule has 0 spiro atoms. The van der Waals surface area contributed by atoms with Crippen LogP contribution in [0.3, 0.4) is 0 Å². The predicted molar refractivity (Wildman–Crippen MR) is 71.0 cm³/mol. The van der Waals surface area contributed by atoms with Gasteiger partial charge >= 0.3 is 5.97 Å². The van der Waals surface area contributed by atoms with Crippen molar-refractivity contribution in [2.45, 2.75) is 18.5 Å². The first-order valence-electron chi connectivity index (χ1n) is 5.84. The quantitative estimate of drug-likeness (QED) is 0.822. The molecule has 0 saturated carbocycles. The summed E-state index contributed by atoms with van der Waals surface area (Å²) in [6.07, 6.45) is 1.10. The lowest BCUT2D eigenvalue weighted by molar-refractivity contribution is -0.138. The van der Waals surface area contributed by atoms with E-state index in [2.05, 4.69) is 28.9 Å². The lowest BCUT2D eigenvalue weighted by atomic mass is 10.2. The Kier molecular flexibility index (Phi) is 3.84. The molecule has 2 atom stereocenters. The third-order valence-corrected chi connectivity index (χ3v) is 4.18. The van der Waals surface area contributed by atoms with Crippen molar-refractivity contribution in [3.05, 3.63) is 11.1 Å². The first kappa shape index (κ1) is 13.3. The van der Waals surface area contributed by atoms with Gasteiger partial charge < -0.3 is 20.6 Å². The number of aliphatic carboxylic acids is 1. The SMILES string of the molecule is CN(C)C1CCN(c2nc(C(N)C(=O)O)cs2)C1. The second kappa shape index (κ2) is 5.21. The molecule has 1 saturated heterocycles. The molecule has 0 aliphatic carbocycles. The van der Waals surface area contributed by atoms with Crippen molar-refractivity contribution >= 4 is 22.4 Å². The van der Waals surface area contributed by atoms with Crippen molar-refractivity contribution in [3.63, 3.8) is 0 Å². The molecule has 7 heteroatoms. The fourth-order valence-corrected chi connectivity index (χ4v) is 2.93. The molecule has 0 aromatic carbocycles. The molecular weight excluding hydrogens is 252 g/mol. The Bertz CT molecular complexity index is 434. The van der Waals surface area contributed by atoms with Crippen molar-refractivity contribution < 1.29 is 9.90 Å². The number of nitrogens with zero attached hydrogens (tertiary/aromatic N) is 3. The van der Waals surface area contributed by atoms with Crippen molar-refractivity contribution in [1.29, 1.82) is 0 Å². The van der Waals surface area contributed by atoms with Gasteiger partial charge in [0.1, 0.15) is 6.04 Å². The van der Waals surface area contributed by atoms with Crippen molar-refractivity contribution in [1.82, 2.24) is 9.88 Å². The lowest BCUT2D eigenvalue weighted by Crippen LogP contribution is -2.31. The number of likely N-dealkylation sites (N-methyl/N-ethyl adjacent to an activating group) is 1. The minimum Gasteiger partial charge on any atom is -0.480 e. The van der Waals surface area contributed by atoms with Crippen LogP contribution in [0.5, 0.6) is 0 Å².